The quantitative estimate of drug-likeness (QED) is 0.867. The highest BCUT2D eigenvalue weighted by Crippen LogP contribution is 2.29. The Morgan fingerprint density at radius 1 is 1.30 bits per heavy atom. The SMILES string of the molecule is Cc1cc(F)cc(C)c1S(=O)(=O)NCC1CCC(Cl)C1. The maximum atomic E-state index is 13.2. The van der Waals surface area contributed by atoms with E-state index in [1.807, 2.05) is 0 Å². The van der Waals surface area contributed by atoms with Gasteiger partial charge < -0.3 is 0 Å². The van der Waals surface area contributed by atoms with Crippen LogP contribution in [0.2, 0.25) is 0 Å². The maximum Gasteiger partial charge on any atom is 0.241 e. The average Bonchev–Trinajstić information content (AvgIpc) is 2.71. The summed E-state index contributed by atoms with van der Waals surface area (Å²) in [6.45, 7) is 3.60. The van der Waals surface area contributed by atoms with Crippen LogP contribution in [0.25, 0.3) is 0 Å². The average molecular weight is 320 g/mol. The summed E-state index contributed by atoms with van der Waals surface area (Å²) in [7, 11) is -3.60. The fourth-order valence-corrected chi connectivity index (χ4v) is 4.76. The molecule has 1 fully saturated rings. The smallest absolute Gasteiger partial charge is 0.211 e. The van der Waals surface area contributed by atoms with Gasteiger partial charge in [0.2, 0.25) is 10.0 Å². The van der Waals surface area contributed by atoms with Crippen LogP contribution in [-0.4, -0.2) is 20.3 Å². The highest BCUT2D eigenvalue weighted by atomic mass is 35.5. The topological polar surface area (TPSA) is 46.2 Å². The van der Waals surface area contributed by atoms with Crippen LogP contribution in [0.3, 0.4) is 0 Å². The van der Waals surface area contributed by atoms with Crippen molar-refractivity contribution in [2.75, 3.05) is 6.54 Å². The van der Waals surface area contributed by atoms with Crippen molar-refractivity contribution in [1.82, 2.24) is 4.72 Å². The van der Waals surface area contributed by atoms with E-state index in [0.717, 1.165) is 19.3 Å². The molecule has 0 aliphatic heterocycles. The molecule has 1 aromatic carbocycles. The standard InChI is InChI=1S/C14H19ClFNO2S/c1-9-5-13(16)6-10(2)14(9)20(18,19)17-8-11-3-4-12(15)7-11/h5-6,11-12,17H,3-4,7-8H2,1-2H3. The Hall–Kier alpha value is -0.650. The van der Waals surface area contributed by atoms with Gasteiger partial charge in [-0.25, -0.2) is 17.5 Å². The van der Waals surface area contributed by atoms with Crippen LogP contribution in [0.1, 0.15) is 30.4 Å². The second-order valence-corrected chi connectivity index (χ2v) is 7.82. The molecule has 1 aliphatic rings. The third-order valence-corrected chi connectivity index (χ3v) is 5.86. The van der Waals surface area contributed by atoms with Gasteiger partial charge in [-0.15, -0.1) is 11.6 Å². The summed E-state index contributed by atoms with van der Waals surface area (Å²) in [6, 6.07) is 2.48. The monoisotopic (exact) mass is 319 g/mol. The van der Waals surface area contributed by atoms with E-state index in [1.54, 1.807) is 13.8 Å². The molecule has 6 heteroatoms. The third kappa shape index (κ3) is 3.51. The van der Waals surface area contributed by atoms with Gasteiger partial charge in [0.05, 0.1) is 4.90 Å². The first-order valence-electron chi connectivity index (χ1n) is 6.70. The second-order valence-electron chi connectivity index (χ2n) is 5.50. The molecular formula is C14H19ClFNO2S. The fraction of sp³-hybridized carbons (Fsp3) is 0.571. The maximum absolute atomic E-state index is 13.2. The van der Waals surface area contributed by atoms with Crippen LogP contribution in [0.4, 0.5) is 4.39 Å². The van der Waals surface area contributed by atoms with E-state index in [1.165, 1.54) is 12.1 Å². The Balaban J connectivity index is 2.15. The van der Waals surface area contributed by atoms with Gasteiger partial charge in [-0.2, -0.15) is 0 Å². The molecule has 1 N–H and O–H groups in total. The van der Waals surface area contributed by atoms with Crippen molar-refractivity contribution in [3.8, 4) is 0 Å². The normalized spacial score (nSPS) is 23.2. The number of sulfonamides is 1. The van der Waals surface area contributed by atoms with Crippen molar-refractivity contribution in [2.45, 2.75) is 43.4 Å². The fourth-order valence-electron chi connectivity index (χ4n) is 2.82. The second kappa shape index (κ2) is 6.00. The number of benzene rings is 1. The summed E-state index contributed by atoms with van der Waals surface area (Å²) in [5, 5.41) is 0.152. The van der Waals surface area contributed by atoms with Gasteiger partial charge in [0.15, 0.2) is 0 Å². The number of hydrogen-bond acceptors (Lipinski definition) is 2. The molecule has 0 saturated heterocycles. The predicted octanol–water partition coefficient (Wildman–Crippen LogP) is 3.13. The molecule has 2 unspecified atom stereocenters. The molecule has 0 aromatic heterocycles. The molecule has 2 atom stereocenters. The first kappa shape index (κ1) is 15.7. The lowest BCUT2D eigenvalue weighted by Crippen LogP contribution is -2.29. The van der Waals surface area contributed by atoms with Gasteiger partial charge in [0, 0.05) is 11.9 Å². The molecule has 3 nitrogen and oxygen atoms in total. The molecule has 0 spiro atoms. The van der Waals surface area contributed by atoms with Crippen molar-refractivity contribution in [3.63, 3.8) is 0 Å². The van der Waals surface area contributed by atoms with Gasteiger partial charge in [0.1, 0.15) is 5.82 Å². The molecule has 1 saturated carbocycles. The van der Waals surface area contributed by atoms with E-state index >= 15 is 0 Å². The summed E-state index contributed by atoms with van der Waals surface area (Å²) < 4.78 is 40.6. The van der Waals surface area contributed by atoms with Gasteiger partial charge in [-0.05, 0) is 62.3 Å². The van der Waals surface area contributed by atoms with Crippen LogP contribution in [0.15, 0.2) is 17.0 Å². The van der Waals surface area contributed by atoms with E-state index in [0.29, 0.717) is 17.7 Å². The summed E-state index contributed by atoms with van der Waals surface area (Å²) >= 11 is 6.02. The van der Waals surface area contributed by atoms with Crippen molar-refractivity contribution in [2.24, 2.45) is 5.92 Å². The van der Waals surface area contributed by atoms with Crippen LogP contribution in [-0.2, 0) is 10.0 Å². The summed E-state index contributed by atoms with van der Waals surface area (Å²) in [6.07, 6.45) is 2.71. The van der Waals surface area contributed by atoms with E-state index in [4.69, 9.17) is 11.6 Å². The van der Waals surface area contributed by atoms with E-state index in [2.05, 4.69) is 4.72 Å². The van der Waals surface area contributed by atoms with Crippen molar-refractivity contribution in [1.29, 1.82) is 0 Å². The minimum absolute atomic E-state index is 0.152. The molecule has 1 aromatic rings. The largest absolute Gasteiger partial charge is 0.241 e. The first-order valence-corrected chi connectivity index (χ1v) is 8.62. The lowest BCUT2D eigenvalue weighted by molar-refractivity contribution is 0.519. The molecular weight excluding hydrogens is 301 g/mol. The van der Waals surface area contributed by atoms with Crippen LogP contribution < -0.4 is 4.72 Å². The van der Waals surface area contributed by atoms with Gasteiger partial charge in [-0.1, -0.05) is 0 Å². The van der Waals surface area contributed by atoms with Crippen LogP contribution >= 0.6 is 11.6 Å². The number of hydrogen-bond donors (Lipinski definition) is 1. The van der Waals surface area contributed by atoms with E-state index in [9.17, 15) is 12.8 Å². The summed E-state index contributed by atoms with van der Waals surface area (Å²) in [5.74, 6) is -0.131. The minimum atomic E-state index is -3.60. The first-order chi connectivity index (χ1) is 9.29. The molecule has 0 amide bonds. The predicted molar refractivity (Wildman–Crippen MR) is 78.0 cm³/mol. The van der Waals surface area contributed by atoms with Crippen LogP contribution in [0.5, 0.6) is 0 Å². The third-order valence-electron chi connectivity index (χ3n) is 3.73. The number of aryl methyl sites for hydroxylation is 2. The zero-order valence-corrected chi connectivity index (χ0v) is 13.2. The van der Waals surface area contributed by atoms with Gasteiger partial charge >= 0.3 is 0 Å². The Morgan fingerprint density at radius 3 is 2.40 bits per heavy atom. The molecule has 0 radical (unpaired) electrons. The van der Waals surface area contributed by atoms with E-state index < -0.39 is 15.8 Å². The number of halogens is 2. The zero-order chi connectivity index (χ0) is 14.9. The lowest BCUT2D eigenvalue weighted by atomic mass is 10.1. The molecule has 1 aliphatic carbocycles. The summed E-state index contributed by atoms with van der Waals surface area (Å²) in [4.78, 5) is 0.180. The Kier molecular flexibility index (Phi) is 4.72. The Labute approximate surface area is 124 Å². The van der Waals surface area contributed by atoms with Crippen molar-refractivity contribution in [3.05, 3.63) is 29.1 Å². The summed E-state index contributed by atoms with van der Waals surface area (Å²) in [5.41, 5.74) is 0.855. The van der Waals surface area contributed by atoms with Crippen molar-refractivity contribution >= 4 is 21.6 Å². The number of alkyl halides is 1. The number of nitrogens with one attached hydrogen (secondary N) is 1. The highest BCUT2D eigenvalue weighted by Gasteiger charge is 2.26. The van der Waals surface area contributed by atoms with Crippen molar-refractivity contribution < 1.29 is 12.8 Å². The highest BCUT2D eigenvalue weighted by molar-refractivity contribution is 7.89. The van der Waals surface area contributed by atoms with E-state index in [-0.39, 0.29) is 16.2 Å². The van der Waals surface area contributed by atoms with Gasteiger partial charge in [0.25, 0.3) is 0 Å². The molecule has 0 heterocycles. The number of rotatable bonds is 4. The Bertz CT molecular complexity index is 580. The van der Waals surface area contributed by atoms with Crippen LogP contribution in [0, 0.1) is 25.6 Å². The molecule has 2 rings (SSSR count). The molecule has 112 valence electrons. The molecule has 20 heavy (non-hydrogen) atoms. The van der Waals surface area contributed by atoms with Gasteiger partial charge in [-0.3, -0.25) is 0 Å². The zero-order valence-electron chi connectivity index (χ0n) is 11.6. The lowest BCUT2D eigenvalue weighted by Gasteiger charge is -2.15. The molecule has 0 bridgehead atoms. The minimum Gasteiger partial charge on any atom is -0.211 e. The Morgan fingerprint density at radius 2 is 1.90 bits per heavy atom.